The molecule has 0 aromatic rings. The molecular formula is C10H18O2. The number of hydrogen-bond acceptors (Lipinski definition) is 2. The van der Waals surface area contributed by atoms with Crippen molar-refractivity contribution in [2.45, 2.75) is 45.3 Å². The van der Waals surface area contributed by atoms with Crippen LogP contribution in [0.1, 0.15) is 33.6 Å². The largest absolute Gasteiger partial charge is 0.390 e. The standard InChI is InChI=1S/C10H18O2/c1-9(2)6-4-8(11)10(3,12)5-7(6)9/h6-8,11-12H,4-5H2,1-3H3/t6-,7+,8?,10-/m1/s1. The van der Waals surface area contributed by atoms with E-state index >= 15 is 0 Å². The molecule has 2 nitrogen and oxygen atoms in total. The van der Waals surface area contributed by atoms with E-state index in [2.05, 4.69) is 13.8 Å². The normalized spacial score (nSPS) is 56.2. The van der Waals surface area contributed by atoms with Gasteiger partial charge in [-0.25, -0.2) is 0 Å². The zero-order valence-electron chi connectivity index (χ0n) is 8.04. The number of aliphatic hydroxyl groups excluding tert-OH is 1. The first-order chi connectivity index (χ1) is 5.36. The lowest BCUT2D eigenvalue weighted by Gasteiger charge is -2.32. The Hall–Kier alpha value is -0.0800. The maximum absolute atomic E-state index is 9.82. The Balaban J connectivity index is 2.14. The smallest absolute Gasteiger partial charge is 0.0880 e. The van der Waals surface area contributed by atoms with Crippen molar-refractivity contribution in [1.29, 1.82) is 0 Å². The van der Waals surface area contributed by atoms with E-state index in [0.29, 0.717) is 17.3 Å². The number of hydrogen-bond donors (Lipinski definition) is 2. The van der Waals surface area contributed by atoms with E-state index in [1.807, 2.05) is 0 Å². The predicted molar refractivity (Wildman–Crippen MR) is 46.6 cm³/mol. The highest BCUT2D eigenvalue weighted by Gasteiger charge is 2.63. The molecule has 2 saturated carbocycles. The third-order valence-corrected chi connectivity index (χ3v) is 4.12. The molecule has 2 heteroatoms. The minimum absolute atomic E-state index is 0.363. The molecule has 0 heterocycles. The summed E-state index contributed by atoms with van der Waals surface area (Å²) in [6, 6.07) is 0. The third-order valence-electron chi connectivity index (χ3n) is 4.12. The first-order valence-electron chi connectivity index (χ1n) is 4.76. The minimum Gasteiger partial charge on any atom is -0.390 e. The third kappa shape index (κ3) is 0.944. The van der Waals surface area contributed by atoms with Crippen molar-refractivity contribution in [1.82, 2.24) is 0 Å². The molecule has 0 amide bonds. The van der Waals surface area contributed by atoms with Gasteiger partial charge >= 0.3 is 0 Å². The lowest BCUT2D eigenvalue weighted by atomic mass is 9.84. The lowest BCUT2D eigenvalue weighted by Crippen LogP contribution is -2.42. The molecule has 2 N–H and O–H groups in total. The molecule has 0 aromatic carbocycles. The highest BCUT2D eigenvalue weighted by atomic mass is 16.3. The fourth-order valence-corrected chi connectivity index (χ4v) is 2.81. The van der Waals surface area contributed by atoms with Crippen LogP contribution in [0.5, 0.6) is 0 Å². The topological polar surface area (TPSA) is 40.5 Å². The van der Waals surface area contributed by atoms with Crippen LogP contribution in [0.2, 0.25) is 0 Å². The van der Waals surface area contributed by atoms with Gasteiger partial charge < -0.3 is 10.2 Å². The molecule has 2 rings (SSSR count). The van der Waals surface area contributed by atoms with Crippen LogP contribution >= 0.6 is 0 Å². The van der Waals surface area contributed by atoms with Gasteiger partial charge in [0.05, 0.1) is 11.7 Å². The number of fused-ring (bicyclic) bond motifs is 1. The van der Waals surface area contributed by atoms with Crippen LogP contribution in [0.3, 0.4) is 0 Å². The van der Waals surface area contributed by atoms with Crippen LogP contribution in [0.25, 0.3) is 0 Å². The quantitative estimate of drug-likeness (QED) is 0.573. The van der Waals surface area contributed by atoms with E-state index in [9.17, 15) is 10.2 Å². The summed E-state index contributed by atoms with van der Waals surface area (Å²) in [4.78, 5) is 0. The molecular weight excluding hydrogens is 152 g/mol. The van der Waals surface area contributed by atoms with Gasteiger partial charge in [-0.2, -0.15) is 0 Å². The van der Waals surface area contributed by atoms with Gasteiger partial charge in [-0.3, -0.25) is 0 Å². The first-order valence-corrected chi connectivity index (χ1v) is 4.76. The molecule has 0 aromatic heterocycles. The molecule has 0 radical (unpaired) electrons. The van der Waals surface area contributed by atoms with E-state index < -0.39 is 11.7 Å². The lowest BCUT2D eigenvalue weighted by molar-refractivity contribution is -0.0892. The van der Waals surface area contributed by atoms with Gasteiger partial charge in [0.2, 0.25) is 0 Å². The van der Waals surface area contributed by atoms with Gasteiger partial charge in [-0.05, 0) is 37.0 Å². The van der Waals surface area contributed by atoms with Gasteiger partial charge in [0.1, 0.15) is 0 Å². The van der Waals surface area contributed by atoms with Gasteiger partial charge in [0.25, 0.3) is 0 Å². The summed E-state index contributed by atoms with van der Waals surface area (Å²) in [6.07, 6.45) is 1.04. The van der Waals surface area contributed by atoms with Crippen LogP contribution in [0, 0.1) is 17.3 Å². The van der Waals surface area contributed by atoms with Crippen molar-refractivity contribution < 1.29 is 10.2 Å². The molecule has 0 saturated heterocycles. The van der Waals surface area contributed by atoms with Gasteiger partial charge in [0.15, 0.2) is 0 Å². The summed E-state index contributed by atoms with van der Waals surface area (Å²) in [5.41, 5.74) is -0.476. The second-order valence-electron chi connectivity index (χ2n) is 5.35. The summed E-state index contributed by atoms with van der Waals surface area (Å²) in [5, 5.41) is 19.4. The van der Waals surface area contributed by atoms with Crippen molar-refractivity contribution in [2.75, 3.05) is 0 Å². The van der Waals surface area contributed by atoms with Gasteiger partial charge in [-0.1, -0.05) is 13.8 Å². The summed E-state index contributed by atoms with van der Waals surface area (Å²) >= 11 is 0. The average Bonchev–Trinajstić information content (AvgIpc) is 2.37. The van der Waals surface area contributed by atoms with Gasteiger partial charge in [-0.15, -0.1) is 0 Å². The Morgan fingerprint density at radius 1 is 1.17 bits per heavy atom. The Morgan fingerprint density at radius 3 is 2.25 bits per heavy atom. The number of rotatable bonds is 0. The Morgan fingerprint density at radius 2 is 1.75 bits per heavy atom. The van der Waals surface area contributed by atoms with E-state index in [1.54, 1.807) is 6.92 Å². The summed E-state index contributed by atoms with van der Waals surface area (Å²) < 4.78 is 0. The van der Waals surface area contributed by atoms with Crippen LogP contribution in [-0.2, 0) is 0 Å². The second-order valence-corrected chi connectivity index (χ2v) is 5.35. The molecule has 2 fully saturated rings. The van der Waals surface area contributed by atoms with Crippen LogP contribution in [0.4, 0.5) is 0 Å². The highest BCUT2D eigenvalue weighted by molar-refractivity contribution is 5.12. The van der Waals surface area contributed by atoms with Gasteiger partial charge in [0, 0.05) is 0 Å². The van der Waals surface area contributed by atoms with Crippen molar-refractivity contribution in [2.24, 2.45) is 17.3 Å². The Bertz CT molecular complexity index is 208. The molecule has 1 unspecified atom stereocenters. The van der Waals surface area contributed by atoms with Crippen molar-refractivity contribution in [3.05, 3.63) is 0 Å². The summed E-state index contributed by atoms with van der Waals surface area (Å²) in [5.74, 6) is 1.28. The zero-order valence-corrected chi connectivity index (χ0v) is 8.04. The van der Waals surface area contributed by atoms with Crippen molar-refractivity contribution >= 4 is 0 Å². The first kappa shape index (κ1) is 8.52. The van der Waals surface area contributed by atoms with E-state index in [-0.39, 0.29) is 0 Å². The summed E-state index contributed by atoms with van der Waals surface area (Å²) in [6.45, 7) is 6.22. The molecule has 4 atom stereocenters. The summed E-state index contributed by atoms with van der Waals surface area (Å²) in [7, 11) is 0. The Labute approximate surface area is 73.6 Å². The molecule has 0 bridgehead atoms. The maximum atomic E-state index is 9.82. The molecule has 12 heavy (non-hydrogen) atoms. The molecule has 2 aliphatic carbocycles. The van der Waals surface area contributed by atoms with E-state index in [1.165, 1.54) is 0 Å². The minimum atomic E-state index is -0.838. The SMILES string of the molecule is CC1(C)[C@@H]2CC(O)[C@](C)(O)C[C@@H]21. The van der Waals surface area contributed by atoms with Crippen molar-refractivity contribution in [3.63, 3.8) is 0 Å². The van der Waals surface area contributed by atoms with Crippen molar-refractivity contribution in [3.8, 4) is 0 Å². The molecule has 2 aliphatic rings. The predicted octanol–water partition coefficient (Wildman–Crippen LogP) is 1.16. The maximum Gasteiger partial charge on any atom is 0.0880 e. The average molecular weight is 170 g/mol. The zero-order chi connectivity index (χ0) is 9.15. The fraction of sp³-hybridized carbons (Fsp3) is 1.00. The van der Waals surface area contributed by atoms with Crippen LogP contribution in [-0.4, -0.2) is 21.9 Å². The molecule has 0 spiro atoms. The van der Waals surface area contributed by atoms with E-state index in [0.717, 1.165) is 12.8 Å². The van der Waals surface area contributed by atoms with E-state index in [4.69, 9.17) is 0 Å². The fourth-order valence-electron chi connectivity index (χ4n) is 2.81. The second kappa shape index (κ2) is 2.05. The molecule has 70 valence electrons. The Kier molecular flexibility index (Phi) is 1.45. The highest BCUT2D eigenvalue weighted by Crippen LogP contribution is 2.66. The molecule has 0 aliphatic heterocycles. The van der Waals surface area contributed by atoms with Crippen LogP contribution < -0.4 is 0 Å². The monoisotopic (exact) mass is 170 g/mol. The number of aliphatic hydroxyl groups is 2. The van der Waals surface area contributed by atoms with Crippen LogP contribution in [0.15, 0.2) is 0 Å².